The van der Waals surface area contributed by atoms with Crippen LogP contribution >= 0.6 is 0 Å². The Hall–Kier alpha value is -3.95. The number of ketones is 2. The SMILES string of the molecule is CCCC(=O)COc1cc2oc3cc(OCC(=O)COC)c(CO)c(CC=C(C)C)c3c(=O)c2c(O)c1CC=C(C)C. The monoisotopic (exact) mass is 580 g/mol. The van der Waals surface area contributed by atoms with Gasteiger partial charge in [-0.3, -0.25) is 14.4 Å². The van der Waals surface area contributed by atoms with Crippen molar-refractivity contribution in [2.24, 2.45) is 0 Å². The Morgan fingerprint density at radius 1 is 0.833 bits per heavy atom. The molecule has 3 aromatic rings. The molecule has 0 spiro atoms. The molecule has 226 valence electrons. The van der Waals surface area contributed by atoms with Crippen LogP contribution in [0.15, 0.2) is 44.6 Å². The van der Waals surface area contributed by atoms with Gasteiger partial charge in [0, 0.05) is 36.8 Å². The first-order valence-corrected chi connectivity index (χ1v) is 14.0. The molecule has 0 saturated heterocycles. The molecule has 0 bridgehead atoms. The molecule has 1 aromatic heterocycles. The smallest absolute Gasteiger partial charge is 0.204 e. The Balaban J connectivity index is 2.35. The number of aromatic hydroxyl groups is 1. The van der Waals surface area contributed by atoms with Gasteiger partial charge in [-0.2, -0.15) is 0 Å². The largest absolute Gasteiger partial charge is 0.507 e. The number of hydrogen-bond donors (Lipinski definition) is 2. The molecule has 0 atom stereocenters. The van der Waals surface area contributed by atoms with Crippen molar-refractivity contribution in [3.8, 4) is 17.2 Å². The van der Waals surface area contributed by atoms with Crippen molar-refractivity contribution in [1.82, 2.24) is 0 Å². The van der Waals surface area contributed by atoms with Gasteiger partial charge in [0.1, 0.15) is 53.6 Å². The highest BCUT2D eigenvalue weighted by molar-refractivity contribution is 5.97. The Labute approximate surface area is 245 Å². The van der Waals surface area contributed by atoms with Gasteiger partial charge in [0.15, 0.2) is 11.6 Å². The van der Waals surface area contributed by atoms with Gasteiger partial charge in [-0.05, 0) is 52.5 Å². The average molecular weight is 581 g/mol. The van der Waals surface area contributed by atoms with Crippen LogP contribution in [0.5, 0.6) is 17.2 Å². The van der Waals surface area contributed by atoms with Gasteiger partial charge in [0.25, 0.3) is 0 Å². The molecule has 0 saturated carbocycles. The fourth-order valence-corrected chi connectivity index (χ4v) is 4.60. The molecule has 1 heterocycles. The number of carbonyl (C=O) groups excluding carboxylic acids is 2. The van der Waals surface area contributed by atoms with E-state index in [0.29, 0.717) is 29.5 Å². The zero-order chi connectivity index (χ0) is 31.0. The molecule has 0 amide bonds. The molecule has 0 aliphatic rings. The van der Waals surface area contributed by atoms with Crippen LogP contribution in [0.25, 0.3) is 21.9 Å². The normalized spacial score (nSPS) is 11.0. The first kappa shape index (κ1) is 32.6. The van der Waals surface area contributed by atoms with Crippen LogP contribution in [0, 0.1) is 0 Å². The van der Waals surface area contributed by atoms with Crippen LogP contribution in [-0.4, -0.2) is 48.7 Å². The quantitative estimate of drug-likeness (QED) is 0.176. The summed E-state index contributed by atoms with van der Waals surface area (Å²) in [5.74, 6) is -0.248. The Kier molecular flexibility index (Phi) is 11.5. The van der Waals surface area contributed by atoms with Gasteiger partial charge in [-0.15, -0.1) is 0 Å². The van der Waals surface area contributed by atoms with E-state index in [1.165, 1.54) is 19.2 Å². The van der Waals surface area contributed by atoms with E-state index < -0.39 is 12.0 Å². The maximum Gasteiger partial charge on any atom is 0.204 e. The number of phenols is 1. The van der Waals surface area contributed by atoms with Crippen molar-refractivity contribution < 1.29 is 38.4 Å². The van der Waals surface area contributed by atoms with Crippen LogP contribution in [0.4, 0.5) is 0 Å². The third-order valence-electron chi connectivity index (χ3n) is 6.67. The van der Waals surface area contributed by atoms with Crippen molar-refractivity contribution in [1.29, 1.82) is 0 Å². The summed E-state index contributed by atoms with van der Waals surface area (Å²) in [6.45, 7) is 8.49. The van der Waals surface area contributed by atoms with Crippen LogP contribution in [0.1, 0.15) is 64.2 Å². The molecule has 0 fully saturated rings. The summed E-state index contributed by atoms with van der Waals surface area (Å²) in [5.41, 5.74) is 2.91. The fourth-order valence-electron chi connectivity index (χ4n) is 4.60. The minimum absolute atomic E-state index is 0.0295. The van der Waals surface area contributed by atoms with E-state index in [-0.39, 0.29) is 83.4 Å². The first-order valence-electron chi connectivity index (χ1n) is 14.0. The van der Waals surface area contributed by atoms with Crippen molar-refractivity contribution in [2.75, 3.05) is 26.9 Å². The van der Waals surface area contributed by atoms with Gasteiger partial charge in [-0.1, -0.05) is 30.2 Å². The predicted molar refractivity (Wildman–Crippen MR) is 162 cm³/mol. The third kappa shape index (κ3) is 7.66. The number of ether oxygens (including phenoxy) is 3. The number of aliphatic hydroxyl groups excluding tert-OH is 1. The Morgan fingerprint density at radius 3 is 1.93 bits per heavy atom. The average Bonchev–Trinajstić information content (AvgIpc) is 2.92. The molecule has 2 aromatic carbocycles. The molecule has 0 unspecified atom stereocenters. The van der Waals surface area contributed by atoms with Crippen LogP contribution < -0.4 is 14.9 Å². The lowest BCUT2D eigenvalue weighted by Gasteiger charge is -2.18. The molecule has 9 nitrogen and oxygen atoms in total. The standard InChI is InChI=1S/C33H40O9/c1-7-8-21(35)17-40-26-13-29-31(32(37)24(26)12-10-20(4)5)33(38)30-23(11-9-19(2)3)25(15-34)27(14-28(30)42-29)41-18-22(36)16-39-6/h9-10,13-14,34,37H,7-8,11-12,15-18H2,1-6H3. The summed E-state index contributed by atoms with van der Waals surface area (Å²) in [6.07, 6.45) is 5.39. The summed E-state index contributed by atoms with van der Waals surface area (Å²) in [7, 11) is 1.41. The summed E-state index contributed by atoms with van der Waals surface area (Å²) in [6, 6.07) is 2.98. The topological polar surface area (TPSA) is 132 Å². The number of allylic oxidation sites excluding steroid dienone is 4. The van der Waals surface area contributed by atoms with E-state index in [4.69, 9.17) is 18.6 Å². The van der Waals surface area contributed by atoms with E-state index in [9.17, 15) is 24.6 Å². The molecule has 0 aliphatic heterocycles. The highest BCUT2D eigenvalue weighted by Crippen LogP contribution is 2.39. The Morgan fingerprint density at radius 2 is 1.38 bits per heavy atom. The van der Waals surface area contributed by atoms with Gasteiger partial charge >= 0.3 is 0 Å². The number of hydrogen-bond acceptors (Lipinski definition) is 9. The zero-order valence-electron chi connectivity index (χ0n) is 25.2. The fraction of sp³-hybridized carbons (Fsp3) is 0.424. The van der Waals surface area contributed by atoms with Crippen molar-refractivity contribution in [3.05, 3.63) is 62.3 Å². The number of phenolic OH excluding ortho intramolecular Hbond substituents is 1. The second-order valence-electron chi connectivity index (χ2n) is 10.7. The number of benzene rings is 2. The summed E-state index contributed by atoms with van der Waals surface area (Å²) < 4.78 is 22.7. The number of fused-ring (bicyclic) bond motifs is 2. The van der Waals surface area contributed by atoms with Gasteiger partial charge in [0.2, 0.25) is 5.43 Å². The molecular weight excluding hydrogens is 540 g/mol. The van der Waals surface area contributed by atoms with Crippen LogP contribution in [0.3, 0.4) is 0 Å². The summed E-state index contributed by atoms with van der Waals surface area (Å²) in [5, 5.41) is 22.0. The minimum atomic E-state index is -0.482. The van der Waals surface area contributed by atoms with Crippen molar-refractivity contribution in [2.45, 2.75) is 66.9 Å². The lowest BCUT2D eigenvalue weighted by Crippen LogP contribution is -2.18. The van der Waals surface area contributed by atoms with Crippen molar-refractivity contribution in [3.63, 3.8) is 0 Å². The molecular formula is C33H40O9. The number of Topliss-reactive ketones (excluding diaryl/α,β-unsaturated/α-hetero) is 2. The first-order chi connectivity index (χ1) is 20.0. The van der Waals surface area contributed by atoms with Gasteiger partial charge < -0.3 is 28.8 Å². The number of methoxy groups -OCH3 is 1. The molecule has 0 aliphatic carbocycles. The number of rotatable bonds is 15. The van der Waals surface area contributed by atoms with Crippen LogP contribution in [-0.2, 0) is 33.8 Å². The van der Waals surface area contributed by atoms with Crippen molar-refractivity contribution >= 4 is 33.5 Å². The number of aliphatic hydroxyl groups is 1. The maximum atomic E-state index is 14.1. The number of carbonyl (C=O) groups is 2. The van der Waals surface area contributed by atoms with E-state index in [1.807, 2.05) is 46.8 Å². The predicted octanol–water partition coefficient (Wildman–Crippen LogP) is 5.50. The molecule has 0 radical (unpaired) electrons. The van der Waals surface area contributed by atoms with E-state index in [2.05, 4.69) is 0 Å². The second-order valence-corrected chi connectivity index (χ2v) is 10.7. The lowest BCUT2D eigenvalue weighted by molar-refractivity contribution is -0.124. The summed E-state index contributed by atoms with van der Waals surface area (Å²) in [4.78, 5) is 38.4. The molecule has 3 rings (SSSR count). The highest BCUT2D eigenvalue weighted by atomic mass is 16.5. The van der Waals surface area contributed by atoms with Gasteiger partial charge in [0.05, 0.1) is 12.0 Å². The third-order valence-corrected chi connectivity index (χ3v) is 6.67. The summed E-state index contributed by atoms with van der Waals surface area (Å²) >= 11 is 0. The van der Waals surface area contributed by atoms with E-state index >= 15 is 0 Å². The lowest BCUT2D eigenvalue weighted by atomic mass is 9.95. The Bertz CT molecular complexity index is 1580. The van der Waals surface area contributed by atoms with E-state index in [0.717, 1.165) is 11.1 Å². The molecule has 2 N–H and O–H groups in total. The second kappa shape index (κ2) is 14.8. The van der Waals surface area contributed by atoms with Gasteiger partial charge in [-0.25, -0.2) is 0 Å². The van der Waals surface area contributed by atoms with E-state index in [1.54, 1.807) is 0 Å². The highest BCUT2D eigenvalue weighted by Gasteiger charge is 2.24. The maximum absolute atomic E-state index is 14.1. The zero-order valence-corrected chi connectivity index (χ0v) is 25.2. The molecule has 42 heavy (non-hydrogen) atoms. The minimum Gasteiger partial charge on any atom is -0.507 e. The van der Waals surface area contributed by atoms with Crippen LogP contribution in [0.2, 0.25) is 0 Å². The molecule has 9 heteroatoms.